The highest BCUT2D eigenvalue weighted by molar-refractivity contribution is 6.32. The molecule has 3 nitrogen and oxygen atoms in total. The zero-order valence-electron chi connectivity index (χ0n) is 10.2. The second kappa shape index (κ2) is 5.05. The lowest BCUT2D eigenvalue weighted by molar-refractivity contribution is 0.0627. The third-order valence-corrected chi connectivity index (χ3v) is 3.91. The van der Waals surface area contributed by atoms with Crippen LogP contribution in [0.2, 0.25) is 5.15 Å². The summed E-state index contributed by atoms with van der Waals surface area (Å²) >= 11 is 5.94. The number of halogens is 1. The first-order valence-corrected chi connectivity index (χ1v) is 6.37. The summed E-state index contributed by atoms with van der Waals surface area (Å²) in [7, 11) is 0. The summed E-state index contributed by atoms with van der Waals surface area (Å²) in [4.78, 5) is 18.1. The maximum Gasteiger partial charge on any atom is 0.256 e. The van der Waals surface area contributed by atoms with Crippen LogP contribution in [0.15, 0.2) is 18.3 Å². The molecule has 17 heavy (non-hydrogen) atoms. The van der Waals surface area contributed by atoms with Gasteiger partial charge >= 0.3 is 0 Å². The van der Waals surface area contributed by atoms with Crippen LogP contribution in [0.1, 0.15) is 30.6 Å². The van der Waals surface area contributed by atoms with Crippen molar-refractivity contribution in [1.29, 1.82) is 0 Å². The van der Waals surface area contributed by atoms with Crippen molar-refractivity contribution in [1.82, 2.24) is 9.88 Å². The van der Waals surface area contributed by atoms with E-state index in [1.54, 1.807) is 18.3 Å². The highest BCUT2D eigenvalue weighted by Crippen LogP contribution is 2.24. The van der Waals surface area contributed by atoms with E-state index in [0.717, 1.165) is 19.5 Å². The SMILES string of the molecule is CC1CCN(C(=O)c2cccnc2Cl)CC1C. The summed E-state index contributed by atoms with van der Waals surface area (Å²) in [5.41, 5.74) is 0.510. The fourth-order valence-electron chi connectivity index (χ4n) is 2.16. The van der Waals surface area contributed by atoms with E-state index in [0.29, 0.717) is 22.6 Å². The number of likely N-dealkylation sites (tertiary alicyclic amines) is 1. The van der Waals surface area contributed by atoms with Gasteiger partial charge in [-0.25, -0.2) is 4.98 Å². The first kappa shape index (κ1) is 12.4. The van der Waals surface area contributed by atoms with Crippen molar-refractivity contribution < 1.29 is 4.79 Å². The molecule has 0 aliphatic carbocycles. The predicted octanol–water partition coefficient (Wildman–Crippen LogP) is 2.85. The highest BCUT2D eigenvalue weighted by Gasteiger charge is 2.27. The molecule has 1 aliphatic heterocycles. The van der Waals surface area contributed by atoms with E-state index in [-0.39, 0.29) is 5.91 Å². The van der Waals surface area contributed by atoms with Gasteiger partial charge in [-0.1, -0.05) is 25.4 Å². The Kier molecular flexibility index (Phi) is 3.67. The number of hydrogen-bond acceptors (Lipinski definition) is 2. The average molecular weight is 253 g/mol. The minimum atomic E-state index is 0.00171. The number of amides is 1. The second-order valence-electron chi connectivity index (χ2n) is 4.84. The van der Waals surface area contributed by atoms with Gasteiger partial charge in [0.25, 0.3) is 5.91 Å². The Hall–Kier alpha value is -1.09. The number of rotatable bonds is 1. The summed E-state index contributed by atoms with van der Waals surface area (Å²) in [5.74, 6) is 1.23. The third kappa shape index (κ3) is 2.60. The number of aromatic nitrogens is 1. The molecule has 1 aromatic heterocycles. The van der Waals surface area contributed by atoms with Gasteiger partial charge < -0.3 is 4.90 Å². The van der Waals surface area contributed by atoms with Crippen LogP contribution < -0.4 is 0 Å². The molecule has 0 N–H and O–H groups in total. The molecule has 2 heterocycles. The summed E-state index contributed by atoms with van der Waals surface area (Å²) in [5, 5.41) is 0.295. The lowest BCUT2D eigenvalue weighted by Crippen LogP contribution is -2.42. The van der Waals surface area contributed by atoms with Gasteiger partial charge in [-0.3, -0.25) is 4.79 Å². The molecule has 4 heteroatoms. The van der Waals surface area contributed by atoms with Crippen LogP contribution in [-0.4, -0.2) is 28.9 Å². The third-order valence-electron chi connectivity index (χ3n) is 3.61. The maximum atomic E-state index is 12.3. The molecule has 0 saturated carbocycles. The Balaban J connectivity index is 2.14. The number of piperidine rings is 1. The van der Waals surface area contributed by atoms with Crippen LogP contribution >= 0.6 is 11.6 Å². The smallest absolute Gasteiger partial charge is 0.256 e. The standard InChI is InChI=1S/C13H17ClN2O/c1-9-5-7-16(8-10(9)2)13(17)11-4-3-6-15-12(11)14/h3-4,6,9-10H,5,7-8H2,1-2H3. The van der Waals surface area contributed by atoms with E-state index >= 15 is 0 Å². The Labute approximate surface area is 107 Å². The van der Waals surface area contributed by atoms with Crippen LogP contribution in [0.3, 0.4) is 0 Å². The van der Waals surface area contributed by atoms with Crippen molar-refractivity contribution in [2.75, 3.05) is 13.1 Å². The van der Waals surface area contributed by atoms with E-state index < -0.39 is 0 Å². The molecule has 0 bridgehead atoms. The van der Waals surface area contributed by atoms with E-state index in [1.807, 2.05) is 4.90 Å². The number of carbonyl (C=O) groups excluding carboxylic acids is 1. The first-order valence-electron chi connectivity index (χ1n) is 5.99. The summed E-state index contributed by atoms with van der Waals surface area (Å²) < 4.78 is 0. The zero-order chi connectivity index (χ0) is 12.4. The normalized spacial score (nSPS) is 24.8. The number of pyridine rings is 1. The molecule has 0 aromatic carbocycles. The lowest BCUT2D eigenvalue weighted by Gasteiger charge is -2.35. The van der Waals surface area contributed by atoms with Crippen LogP contribution in [0.25, 0.3) is 0 Å². The fourth-order valence-corrected chi connectivity index (χ4v) is 2.36. The molecule has 2 unspecified atom stereocenters. The zero-order valence-corrected chi connectivity index (χ0v) is 10.9. The quantitative estimate of drug-likeness (QED) is 0.720. The van der Waals surface area contributed by atoms with Crippen molar-refractivity contribution in [2.24, 2.45) is 11.8 Å². The maximum absolute atomic E-state index is 12.3. The van der Waals surface area contributed by atoms with Gasteiger partial charge in [0.05, 0.1) is 5.56 Å². The van der Waals surface area contributed by atoms with Crippen molar-refractivity contribution in [3.63, 3.8) is 0 Å². The van der Waals surface area contributed by atoms with E-state index in [1.165, 1.54) is 0 Å². The van der Waals surface area contributed by atoms with Crippen LogP contribution in [-0.2, 0) is 0 Å². The lowest BCUT2D eigenvalue weighted by atomic mass is 9.88. The topological polar surface area (TPSA) is 33.2 Å². The van der Waals surface area contributed by atoms with Gasteiger partial charge in [-0.2, -0.15) is 0 Å². The number of carbonyl (C=O) groups is 1. The summed E-state index contributed by atoms with van der Waals surface area (Å²) in [6.07, 6.45) is 2.66. The van der Waals surface area contributed by atoms with Gasteiger partial charge in [0.15, 0.2) is 0 Å². The van der Waals surface area contributed by atoms with E-state index in [4.69, 9.17) is 11.6 Å². The molecule has 1 aromatic rings. The van der Waals surface area contributed by atoms with Crippen molar-refractivity contribution in [3.05, 3.63) is 29.0 Å². The van der Waals surface area contributed by atoms with Crippen molar-refractivity contribution in [2.45, 2.75) is 20.3 Å². The van der Waals surface area contributed by atoms with Crippen molar-refractivity contribution in [3.8, 4) is 0 Å². The molecule has 92 valence electrons. The largest absolute Gasteiger partial charge is 0.338 e. The Morgan fingerprint density at radius 2 is 2.24 bits per heavy atom. The average Bonchev–Trinajstić information content (AvgIpc) is 2.32. The molecule has 1 aliphatic rings. The monoisotopic (exact) mass is 252 g/mol. The molecule has 0 radical (unpaired) electrons. The van der Waals surface area contributed by atoms with Crippen molar-refractivity contribution >= 4 is 17.5 Å². The molecule has 1 saturated heterocycles. The van der Waals surface area contributed by atoms with Crippen LogP contribution in [0.4, 0.5) is 0 Å². The van der Waals surface area contributed by atoms with Gasteiger partial charge in [-0.15, -0.1) is 0 Å². The summed E-state index contributed by atoms with van der Waals surface area (Å²) in [6, 6.07) is 3.48. The van der Waals surface area contributed by atoms with Crippen LogP contribution in [0, 0.1) is 11.8 Å². The van der Waals surface area contributed by atoms with Crippen LogP contribution in [0.5, 0.6) is 0 Å². The molecule has 2 rings (SSSR count). The Bertz CT molecular complexity index is 422. The Morgan fingerprint density at radius 1 is 1.47 bits per heavy atom. The molecule has 1 fully saturated rings. The molecular weight excluding hydrogens is 236 g/mol. The first-order chi connectivity index (χ1) is 8.09. The molecule has 2 atom stereocenters. The number of nitrogens with zero attached hydrogens (tertiary/aromatic N) is 2. The van der Waals surface area contributed by atoms with Gasteiger partial charge in [0.1, 0.15) is 5.15 Å². The molecular formula is C13H17ClN2O. The van der Waals surface area contributed by atoms with Gasteiger partial charge in [0.2, 0.25) is 0 Å². The highest BCUT2D eigenvalue weighted by atomic mass is 35.5. The van der Waals surface area contributed by atoms with E-state index in [9.17, 15) is 4.79 Å². The molecule has 1 amide bonds. The Morgan fingerprint density at radius 3 is 2.88 bits per heavy atom. The van der Waals surface area contributed by atoms with Gasteiger partial charge in [-0.05, 0) is 30.4 Å². The fraction of sp³-hybridized carbons (Fsp3) is 0.538. The number of hydrogen-bond donors (Lipinski definition) is 0. The van der Waals surface area contributed by atoms with E-state index in [2.05, 4.69) is 18.8 Å². The summed E-state index contributed by atoms with van der Waals surface area (Å²) in [6.45, 7) is 6.05. The molecule has 0 spiro atoms. The minimum Gasteiger partial charge on any atom is -0.338 e. The predicted molar refractivity (Wildman–Crippen MR) is 68.1 cm³/mol. The second-order valence-corrected chi connectivity index (χ2v) is 5.19. The van der Waals surface area contributed by atoms with Gasteiger partial charge in [0, 0.05) is 19.3 Å². The minimum absolute atomic E-state index is 0.00171.